The summed E-state index contributed by atoms with van der Waals surface area (Å²) >= 11 is 5.78. The van der Waals surface area contributed by atoms with Crippen molar-refractivity contribution in [3.8, 4) is 11.4 Å². The second-order valence-corrected chi connectivity index (χ2v) is 9.01. The molecule has 2 aromatic carbocycles. The molecule has 0 saturated carbocycles. The molecular weight excluding hydrogens is 428 g/mol. The van der Waals surface area contributed by atoms with Crippen LogP contribution in [0.3, 0.4) is 0 Å². The van der Waals surface area contributed by atoms with Gasteiger partial charge in [0, 0.05) is 17.8 Å². The Labute approximate surface area is 201 Å². The molecule has 2 heterocycles. The van der Waals surface area contributed by atoms with Gasteiger partial charge in [0.05, 0.1) is 11.6 Å². The number of nitrogens with zero attached hydrogens (tertiary/aromatic N) is 3. The van der Waals surface area contributed by atoms with Crippen LogP contribution in [-0.4, -0.2) is 26.7 Å². The van der Waals surface area contributed by atoms with Crippen molar-refractivity contribution in [2.75, 3.05) is 6.54 Å². The zero-order valence-electron chi connectivity index (χ0n) is 19.9. The van der Waals surface area contributed by atoms with Crippen LogP contribution >= 0.6 is 12.2 Å². The third-order valence-electron chi connectivity index (χ3n) is 6.27. The summed E-state index contributed by atoms with van der Waals surface area (Å²) in [4.78, 5) is 6.99. The van der Waals surface area contributed by atoms with E-state index in [1.807, 2.05) is 0 Å². The molecular formula is C27H32N4OS. The number of nitrogens with one attached hydrogen (secondary N) is 1. The highest BCUT2D eigenvalue weighted by Gasteiger charge is 2.33. The molecule has 4 rings (SSSR count). The molecule has 1 unspecified atom stereocenters. The van der Waals surface area contributed by atoms with E-state index in [0.29, 0.717) is 11.7 Å². The summed E-state index contributed by atoms with van der Waals surface area (Å²) in [5.41, 5.74) is 6.62. The van der Waals surface area contributed by atoms with Gasteiger partial charge in [0.1, 0.15) is 0 Å². The highest BCUT2D eigenvalue weighted by Crippen LogP contribution is 2.37. The van der Waals surface area contributed by atoms with Crippen LogP contribution < -0.4 is 5.32 Å². The number of aryl methyl sites for hydroxylation is 2. The van der Waals surface area contributed by atoms with Gasteiger partial charge in [-0.15, -0.1) is 0 Å². The summed E-state index contributed by atoms with van der Waals surface area (Å²) < 4.78 is 5.84. The third-order valence-corrected chi connectivity index (χ3v) is 6.61. The number of rotatable bonds is 8. The number of benzene rings is 2. The Morgan fingerprint density at radius 3 is 2.39 bits per heavy atom. The minimum Gasteiger partial charge on any atom is -0.351 e. The van der Waals surface area contributed by atoms with Crippen molar-refractivity contribution in [3.63, 3.8) is 0 Å². The van der Waals surface area contributed by atoms with Crippen molar-refractivity contribution in [1.29, 1.82) is 0 Å². The molecule has 1 aromatic heterocycles. The molecule has 33 heavy (non-hydrogen) atoms. The molecule has 1 N–H and O–H groups in total. The Kier molecular flexibility index (Phi) is 7.23. The van der Waals surface area contributed by atoms with Gasteiger partial charge in [0.2, 0.25) is 5.82 Å². The van der Waals surface area contributed by atoms with E-state index in [-0.39, 0.29) is 6.04 Å². The summed E-state index contributed by atoms with van der Waals surface area (Å²) in [5.74, 6) is 1.13. The zero-order chi connectivity index (χ0) is 23.4. The molecule has 0 bridgehead atoms. The smallest absolute Gasteiger partial charge is 0.258 e. The maximum Gasteiger partial charge on any atom is 0.258 e. The van der Waals surface area contributed by atoms with Gasteiger partial charge in [0.25, 0.3) is 5.89 Å². The van der Waals surface area contributed by atoms with Crippen LogP contribution in [0.2, 0.25) is 0 Å². The van der Waals surface area contributed by atoms with Crippen molar-refractivity contribution < 1.29 is 4.52 Å². The van der Waals surface area contributed by atoms with Crippen LogP contribution in [-0.2, 0) is 6.42 Å². The molecule has 1 aliphatic rings. The summed E-state index contributed by atoms with van der Waals surface area (Å²) in [5, 5.41) is 8.60. The van der Waals surface area contributed by atoms with Gasteiger partial charge in [-0.25, -0.2) is 0 Å². The van der Waals surface area contributed by atoms with Gasteiger partial charge < -0.3 is 14.7 Å². The number of unbranched alkanes of at least 4 members (excludes halogenated alkanes) is 2. The fourth-order valence-electron chi connectivity index (χ4n) is 4.20. The first-order chi connectivity index (χ1) is 16.0. The molecule has 0 amide bonds. The van der Waals surface area contributed by atoms with E-state index >= 15 is 0 Å². The Balaban J connectivity index is 1.74. The average Bonchev–Trinajstić information content (AvgIpc) is 3.31. The van der Waals surface area contributed by atoms with Crippen molar-refractivity contribution in [1.82, 2.24) is 20.4 Å². The van der Waals surface area contributed by atoms with Crippen LogP contribution in [0.4, 0.5) is 0 Å². The van der Waals surface area contributed by atoms with E-state index in [9.17, 15) is 0 Å². The van der Waals surface area contributed by atoms with E-state index in [4.69, 9.17) is 21.7 Å². The van der Waals surface area contributed by atoms with Crippen molar-refractivity contribution in [3.05, 3.63) is 76.8 Å². The van der Waals surface area contributed by atoms with E-state index in [1.54, 1.807) is 0 Å². The molecule has 3 aromatic rings. The van der Waals surface area contributed by atoms with Crippen LogP contribution in [0.25, 0.3) is 17.0 Å². The molecule has 1 atom stereocenters. The van der Waals surface area contributed by atoms with E-state index in [2.05, 4.69) is 91.6 Å². The number of hydrogen-bond acceptors (Lipinski definition) is 4. The maximum atomic E-state index is 5.84. The van der Waals surface area contributed by atoms with Crippen LogP contribution in [0, 0.1) is 6.92 Å². The van der Waals surface area contributed by atoms with Gasteiger partial charge in [-0.05, 0) is 50.0 Å². The van der Waals surface area contributed by atoms with Gasteiger partial charge in [-0.1, -0.05) is 85.9 Å². The van der Waals surface area contributed by atoms with E-state index < -0.39 is 0 Å². The minimum absolute atomic E-state index is 0.142. The lowest BCUT2D eigenvalue weighted by Crippen LogP contribution is -2.46. The normalized spacial score (nSPS) is 16.3. The second kappa shape index (κ2) is 10.3. The molecule has 5 nitrogen and oxygen atoms in total. The largest absolute Gasteiger partial charge is 0.351 e. The fourth-order valence-corrected chi connectivity index (χ4v) is 4.54. The Morgan fingerprint density at radius 2 is 1.73 bits per heavy atom. The first-order valence-corrected chi connectivity index (χ1v) is 12.2. The number of thiocarbonyl (C=S) groups is 1. The molecule has 6 heteroatoms. The topological polar surface area (TPSA) is 54.2 Å². The van der Waals surface area contributed by atoms with E-state index in [0.717, 1.165) is 46.9 Å². The van der Waals surface area contributed by atoms with Crippen LogP contribution in [0.1, 0.15) is 68.7 Å². The zero-order valence-corrected chi connectivity index (χ0v) is 20.7. The van der Waals surface area contributed by atoms with Gasteiger partial charge >= 0.3 is 0 Å². The van der Waals surface area contributed by atoms with Gasteiger partial charge in [-0.3, -0.25) is 0 Å². The Hall–Kier alpha value is -2.99. The number of hydrogen-bond donors (Lipinski definition) is 1. The highest BCUT2D eigenvalue weighted by molar-refractivity contribution is 7.80. The lowest BCUT2D eigenvalue weighted by atomic mass is 9.94. The van der Waals surface area contributed by atoms with E-state index in [1.165, 1.54) is 24.0 Å². The SMILES string of the molecule is CCCCCN1C(=S)NC(c2ccc(C)cc2)C(c2nc(-c3ccc(CC)cc3)no2)=C1C. The Morgan fingerprint density at radius 1 is 1.00 bits per heavy atom. The molecule has 0 fully saturated rings. The monoisotopic (exact) mass is 460 g/mol. The fraction of sp³-hybridized carbons (Fsp3) is 0.370. The second-order valence-electron chi connectivity index (χ2n) is 8.62. The predicted molar refractivity (Wildman–Crippen MR) is 138 cm³/mol. The number of allylic oxidation sites excluding steroid dienone is 1. The average molecular weight is 461 g/mol. The summed E-state index contributed by atoms with van der Waals surface area (Å²) in [6, 6.07) is 16.7. The van der Waals surface area contributed by atoms with Crippen LogP contribution in [0.15, 0.2) is 58.8 Å². The van der Waals surface area contributed by atoms with Gasteiger partial charge in [-0.2, -0.15) is 4.98 Å². The molecule has 172 valence electrons. The molecule has 0 aliphatic carbocycles. The standard InChI is InChI=1S/C27H32N4OS/c1-5-7-8-17-31-19(4)23(24(28-27(31)33)21-13-9-18(3)10-14-21)26-29-25(30-32-26)22-15-11-20(6-2)12-16-22/h9-16,24H,5-8,17H2,1-4H3,(H,28,33). The molecule has 1 aliphatic heterocycles. The van der Waals surface area contributed by atoms with Crippen LogP contribution in [0.5, 0.6) is 0 Å². The van der Waals surface area contributed by atoms with Crippen molar-refractivity contribution in [2.45, 2.75) is 59.4 Å². The van der Waals surface area contributed by atoms with Gasteiger partial charge in [0.15, 0.2) is 5.11 Å². The molecule has 0 spiro atoms. The predicted octanol–water partition coefficient (Wildman–Crippen LogP) is 6.46. The highest BCUT2D eigenvalue weighted by atomic mass is 32.1. The van der Waals surface area contributed by atoms with Crippen molar-refractivity contribution >= 4 is 22.9 Å². The lowest BCUT2D eigenvalue weighted by molar-refractivity contribution is 0.395. The molecule has 0 saturated heterocycles. The summed E-state index contributed by atoms with van der Waals surface area (Å²) in [6.07, 6.45) is 4.42. The number of aromatic nitrogens is 2. The molecule has 0 radical (unpaired) electrons. The van der Waals surface area contributed by atoms with Crippen molar-refractivity contribution in [2.24, 2.45) is 0 Å². The maximum absolute atomic E-state index is 5.84. The quantitative estimate of drug-likeness (QED) is 0.307. The third kappa shape index (κ3) is 5.01. The Bertz CT molecular complexity index is 1130. The first kappa shape index (κ1) is 23.2. The summed E-state index contributed by atoms with van der Waals surface area (Å²) in [6.45, 7) is 9.43. The lowest BCUT2D eigenvalue weighted by Gasteiger charge is -2.37. The minimum atomic E-state index is -0.142. The first-order valence-electron chi connectivity index (χ1n) is 11.8. The summed E-state index contributed by atoms with van der Waals surface area (Å²) in [7, 11) is 0.